The van der Waals surface area contributed by atoms with Crippen molar-refractivity contribution in [2.45, 2.75) is 25.9 Å². The van der Waals surface area contributed by atoms with Crippen molar-refractivity contribution in [3.05, 3.63) is 0 Å². The molecule has 0 aromatic rings. The zero-order chi connectivity index (χ0) is 7.56. The first-order valence-corrected chi connectivity index (χ1v) is 3.25. The first-order chi connectivity index (χ1) is 4.68. The number of amides is 2. The number of hydrogen-bond donors (Lipinski definition) is 2. The molecular formula is C6H10N2O2. The van der Waals surface area contributed by atoms with Gasteiger partial charge in [0, 0.05) is 13.3 Å². The molecule has 1 atom stereocenters. The maximum absolute atomic E-state index is 10.6. The van der Waals surface area contributed by atoms with E-state index in [9.17, 15) is 9.59 Å². The molecule has 0 aromatic heterocycles. The lowest BCUT2D eigenvalue weighted by Crippen LogP contribution is -2.41. The van der Waals surface area contributed by atoms with Crippen molar-refractivity contribution in [3.63, 3.8) is 0 Å². The molecule has 2 N–H and O–H groups in total. The second-order valence-corrected chi connectivity index (χ2v) is 2.36. The average molecular weight is 142 g/mol. The topological polar surface area (TPSA) is 58.2 Å². The van der Waals surface area contributed by atoms with Crippen molar-refractivity contribution in [1.29, 1.82) is 0 Å². The Morgan fingerprint density at radius 2 is 2.50 bits per heavy atom. The van der Waals surface area contributed by atoms with Gasteiger partial charge in [-0.15, -0.1) is 0 Å². The minimum absolute atomic E-state index is 0.0127. The van der Waals surface area contributed by atoms with Crippen molar-refractivity contribution < 1.29 is 9.59 Å². The van der Waals surface area contributed by atoms with Gasteiger partial charge in [0.25, 0.3) is 0 Å². The van der Waals surface area contributed by atoms with Gasteiger partial charge in [0.05, 0.1) is 0 Å². The van der Waals surface area contributed by atoms with Crippen LogP contribution in [-0.4, -0.2) is 18.0 Å². The maximum atomic E-state index is 10.6. The van der Waals surface area contributed by atoms with Gasteiger partial charge in [0.15, 0.2) is 0 Å². The Morgan fingerprint density at radius 1 is 1.80 bits per heavy atom. The Bertz CT molecular complexity index is 167. The summed E-state index contributed by atoms with van der Waals surface area (Å²) in [5.41, 5.74) is 0. The molecule has 1 aliphatic heterocycles. The van der Waals surface area contributed by atoms with Crippen LogP contribution in [0.15, 0.2) is 0 Å². The summed E-state index contributed by atoms with van der Waals surface area (Å²) in [6, 6.07) is 0. The van der Waals surface area contributed by atoms with Crippen LogP contribution in [0.2, 0.25) is 0 Å². The summed E-state index contributed by atoms with van der Waals surface area (Å²) >= 11 is 0. The Kier molecular flexibility index (Phi) is 1.89. The molecule has 1 unspecified atom stereocenters. The molecule has 0 aromatic carbocycles. The number of carbonyl (C=O) groups excluding carboxylic acids is 2. The molecule has 0 aliphatic carbocycles. The zero-order valence-corrected chi connectivity index (χ0v) is 5.81. The highest BCUT2D eigenvalue weighted by Crippen LogP contribution is 2.02. The molecule has 10 heavy (non-hydrogen) atoms. The van der Waals surface area contributed by atoms with Crippen LogP contribution in [0.5, 0.6) is 0 Å². The molecule has 56 valence electrons. The summed E-state index contributed by atoms with van der Waals surface area (Å²) in [7, 11) is 0. The van der Waals surface area contributed by atoms with E-state index in [4.69, 9.17) is 0 Å². The van der Waals surface area contributed by atoms with E-state index in [-0.39, 0.29) is 18.0 Å². The number of nitrogens with one attached hydrogen (secondary N) is 2. The normalized spacial score (nSPS) is 24.1. The summed E-state index contributed by atoms with van der Waals surface area (Å²) in [6.45, 7) is 1.43. The van der Waals surface area contributed by atoms with Gasteiger partial charge in [-0.25, -0.2) is 0 Å². The lowest BCUT2D eigenvalue weighted by Gasteiger charge is -2.09. The molecule has 0 saturated carbocycles. The Balaban J connectivity index is 2.31. The van der Waals surface area contributed by atoms with Crippen LogP contribution in [0, 0.1) is 0 Å². The fourth-order valence-corrected chi connectivity index (χ4v) is 0.968. The van der Waals surface area contributed by atoms with Crippen molar-refractivity contribution >= 4 is 11.8 Å². The Labute approximate surface area is 59.0 Å². The predicted molar refractivity (Wildman–Crippen MR) is 35.0 cm³/mol. The molecule has 0 spiro atoms. The second kappa shape index (κ2) is 2.68. The van der Waals surface area contributed by atoms with Gasteiger partial charge in [-0.1, -0.05) is 0 Å². The quantitative estimate of drug-likeness (QED) is 0.511. The third kappa shape index (κ3) is 1.72. The summed E-state index contributed by atoms with van der Waals surface area (Å²) in [6.07, 6.45) is 1.09. The predicted octanol–water partition coefficient (Wildman–Crippen LogP) is -0.641. The van der Waals surface area contributed by atoms with Gasteiger partial charge < -0.3 is 10.6 Å². The van der Waals surface area contributed by atoms with Crippen LogP contribution in [-0.2, 0) is 9.59 Å². The number of carbonyl (C=O) groups is 2. The van der Waals surface area contributed by atoms with Gasteiger partial charge in [0.1, 0.15) is 6.17 Å². The van der Waals surface area contributed by atoms with Gasteiger partial charge in [-0.3, -0.25) is 9.59 Å². The molecule has 1 aliphatic rings. The van der Waals surface area contributed by atoms with E-state index in [1.807, 2.05) is 0 Å². The van der Waals surface area contributed by atoms with E-state index in [0.717, 1.165) is 0 Å². The van der Waals surface area contributed by atoms with Crippen molar-refractivity contribution in [3.8, 4) is 0 Å². The van der Waals surface area contributed by atoms with Crippen molar-refractivity contribution in [2.24, 2.45) is 0 Å². The first kappa shape index (κ1) is 7.05. The lowest BCUT2D eigenvalue weighted by molar-refractivity contribution is -0.120. The average Bonchev–Trinajstić information content (AvgIpc) is 2.13. The molecule has 0 radical (unpaired) electrons. The summed E-state index contributed by atoms with van der Waals surface area (Å²) in [5, 5.41) is 5.22. The minimum atomic E-state index is -0.134. The Hall–Kier alpha value is -1.06. The fraction of sp³-hybridized carbons (Fsp3) is 0.667. The van der Waals surface area contributed by atoms with E-state index < -0.39 is 0 Å². The van der Waals surface area contributed by atoms with Gasteiger partial charge in [-0.2, -0.15) is 0 Å². The van der Waals surface area contributed by atoms with Crippen LogP contribution in [0.25, 0.3) is 0 Å². The largest absolute Gasteiger partial charge is 0.336 e. The second-order valence-electron chi connectivity index (χ2n) is 2.36. The van der Waals surface area contributed by atoms with Crippen molar-refractivity contribution in [1.82, 2.24) is 10.6 Å². The highest BCUT2D eigenvalue weighted by atomic mass is 16.2. The van der Waals surface area contributed by atoms with Gasteiger partial charge in [0.2, 0.25) is 11.8 Å². The van der Waals surface area contributed by atoms with Crippen molar-refractivity contribution in [2.75, 3.05) is 0 Å². The summed E-state index contributed by atoms with van der Waals surface area (Å²) in [5.74, 6) is -0.0917. The van der Waals surface area contributed by atoms with Crippen LogP contribution >= 0.6 is 0 Å². The zero-order valence-electron chi connectivity index (χ0n) is 5.81. The molecular weight excluding hydrogens is 132 g/mol. The fourth-order valence-electron chi connectivity index (χ4n) is 0.968. The van der Waals surface area contributed by atoms with Crippen LogP contribution in [0.4, 0.5) is 0 Å². The highest BCUT2D eigenvalue weighted by molar-refractivity contribution is 5.80. The standard InChI is InChI=1S/C6H10N2O2/c1-4(9)7-5-2-3-6(10)8-5/h5H,2-3H2,1H3,(H,7,9)(H,8,10). The molecule has 1 rings (SSSR count). The molecule has 4 nitrogen and oxygen atoms in total. The summed E-state index contributed by atoms with van der Waals surface area (Å²) < 4.78 is 0. The number of rotatable bonds is 1. The van der Waals surface area contributed by atoms with E-state index in [1.165, 1.54) is 6.92 Å². The van der Waals surface area contributed by atoms with E-state index >= 15 is 0 Å². The smallest absolute Gasteiger partial charge is 0.221 e. The molecule has 1 heterocycles. The van der Waals surface area contributed by atoms with E-state index in [2.05, 4.69) is 10.6 Å². The molecule has 4 heteroatoms. The number of hydrogen-bond acceptors (Lipinski definition) is 2. The molecule has 1 fully saturated rings. The van der Waals surface area contributed by atoms with Crippen LogP contribution < -0.4 is 10.6 Å². The van der Waals surface area contributed by atoms with Gasteiger partial charge in [-0.05, 0) is 6.42 Å². The van der Waals surface area contributed by atoms with E-state index in [1.54, 1.807) is 0 Å². The molecule has 0 bridgehead atoms. The third-order valence-electron chi connectivity index (χ3n) is 1.37. The SMILES string of the molecule is CC(=O)NC1CCC(=O)N1. The summed E-state index contributed by atoms with van der Waals surface area (Å²) in [4.78, 5) is 21.0. The first-order valence-electron chi connectivity index (χ1n) is 3.25. The van der Waals surface area contributed by atoms with Crippen LogP contribution in [0.1, 0.15) is 19.8 Å². The van der Waals surface area contributed by atoms with Gasteiger partial charge >= 0.3 is 0 Å². The Morgan fingerprint density at radius 3 is 2.90 bits per heavy atom. The molecule has 2 amide bonds. The van der Waals surface area contributed by atoms with E-state index in [0.29, 0.717) is 12.8 Å². The maximum Gasteiger partial charge on any atom is 0.221 e. The lowest BCUT2D eigenvalue weighted by atomic mass is 10.3. The highest BCUT2D eigenvalue weighted by Gasteiger charge is 2.20. The minimum Gasteiger partial charge on any atom is -0.336 e. The third-order valence-corrected chi connectivity index (χ3v) is 1.37. The van der Waals surface area contributed by atoms with Crippen LogP contribution in [0.3, 0.4) is 0 Å². The monoisotopic (exact) mass is 142 g/mol. The molecule has 1 saturated heterocycles.